The average molecular weight is 434 g/mol. The average Bonchev–Trinajstić information content (AvgIpc) is 3.10. The van der Waals surface area contributed by atoms with Gasteiger partial charge in [-0.05, 0) is 25.1 Å². The van der Waals surface area contributed by atoms with Gasteiger partial charge in [0.1, 0.15) is 11.6 Å². The molecule has 0 atom stereocenters. The minimum atomic E-state index is -0.546. The molecular formula is C22H29F2N5O2. The second-order valence-electron chi connectivity index (χ2n) is 8.12. The maximum absolute atomic E-state index is 14.1. The number of morpholine rings is 1. The number of aromatic nitrogens is 2. The first-order chi connectivity index (χ1) is 15.0. The number of hydrogen-bond donors (Lipinski definition) is 1. The number of carbonyl (C=O) groups is 1. The van der Waals surface area contributed by atoms with Gasteiger partial charge in [0.2, 0.25) is 0 Å². The van der Waals surface area contributed by atoms with Gasteiger partial charge in [0.25, 0.3) is 5.91 Å². The van der Waals surface area contributed by atoms with Gasteiger partial charge in [-0.25, -0.2) is 8.78 Å². The predicted molar refractivity (Wildman–Crippen MR) is 112 cm³/mol. The van der Waals surface area contributed by atoms with Gasteiger partial charge in [-0.3, -0.25) is 19.3 Å². The molecule has 1 aromatic carbocycles. The Kier molecular flexibility index (Phi) is 6.94. The SMILES string of the molecule is Cn1nc(C(=O)NCCCN2CCOCC2)c2c1CCN(Cc1c(F)cccc1F)C2. The Bertz CT molecular complexity index is 907. The van der Waals surface area contributed by atoms with Gasteiger partial charge in [-0.1, -0.05) is 6.07 Å². The molecule has 1 amide bonds. The lowest BCUT2D eigenvalue weighted by Crippen LogP contribution is -2.38. The quantitative estimate of drug-likeness (QED) is 0.674. The normalized spacial score (nSPS) is 17.5. The summed E-state index contributed by atoms with van der Waals surface area (Å²) in [7, 11) is 1.83. The topological polar surface area (TPSA) is 62.6 Å². The van der Waals surface area contributed by atoms with E-state index < -0.39 is 11.6 Å². The van der Waals surface area contributed by atoms with Crippen molar-refractivity contribution in [3.05, 3.63) is 52.3 Å². The Morgan fingerprint density at radius 2 is 1.90 bits per heavy atom. The lowest BCUT2D eigenvalue weighted by Gasteiger charge is -2.27. The highest BCUT2D eigenvalue weighted by Gasteiger charge is 2.28. The van der Waals surface area contributed by atoms with Gasteiger partial charge in [-0.2, -0.15) is 5.10 Å². The van der Waals surface area contributed by atoms with E-state index >= 15 is 0 Å². The van der Waals surface area contributed by atoms with Crippen molar-refractivity contribution in [2.24, 2.45) is 7.05 Å². The van der Waals surface area contributed by atoms with Crippen molar-refractivity contribution in [3.8, 4) is 0 Å². The summed E-state index contributed by atoms with van der Waals surface area (Å²) in [5.74, 6) is -1.29. The van der Waals surface area contributed by atoms with Crippen LogP contribution in [-0.2, 0) is 31.3 Å². The molecule has 7 nitrogen and oxygen atoms in total. The highest BCUT2D eigenvalue weighted by atomic mass is 19.1. The van der Waals surface area contributed by atoms with Crippen molar-refractivity contribution in [3.63, 3.8) is 0 Å². The third-order valence-electron chi connectivity index (χ3n) is 6.02. The monoisotopic (exact) mass is 433 g/mol. The second-order valence-corrected chi connectivity index (χ2v) is 8.12. The van der Waals surface area contributed by atoms with E-state index in [-0.39, 0.29) is 18.0 Å². The Morgan fingerprint density at radius 1 is 1.16 bits per heavy atom. The number of carbonyl (C=O) groups excluding carboxylic acids is 1. The van der Waals surface area contributed by atoms with Crippen LogP contribution in [0, 0.1) is 11.6 Å². The van der Waals surface area contributed by atoms with E-state index in [1.165, 1.54) is 18.2 Å². The zero-order valence-corrected chi connectivity index (χ0v) is 17.9. The summed E-state index contributed by atoms with van der Waals surface area (Å²) in [4.78, 5) is 17.1. The highest BCUT2D eigenvalue weighted by molar-refractivity contribution is 5.94. The fourth-order valence-electron chi connectivity index (χ4n) is 4.29. The molecule has 4 rings (SSSR count). The minimum absolute atomic E-state index is 0.0592. The van der Waals surface area contributed by atoms with Crippen LogP contribution in [0.1, 0.15) is 33.7 Å². The Morgan fingerprint density at radius 3 is 2.65 bits per heavy atom. The van der Waals surface area contributed by atoms with Crippen LogP contribution in [0.5, 0.6) is 0 Å². The van der Waals surface area contributed by atoms with Crippen molar-refractivity contribution in [1.82, 2.24) is 24.9 Å². The first-order valence-electron chi connectivity index (χ1n) is 10.8. The molecule has 2 aliphatic rings. The zero-order valence-electron chi connectivity index (χ0n) is 17.9. The van der Waals surface area contributed by atoms with E-state index in [4.69, 9.17) is 4.74 Å². The number of hydrogen-bond acceptors (Lipinski definition) is 5. The van der Waals surface area contributed by atoms with Crippen LogP contribution < -0.4 is 5.32 Å². The Labute approximate surface area is 181 Å². The lowest BCUT2D eigenvalue weighted by molar-refractivity contribution is 0.0374. The molecule has 9 heteroatoms. The summed E-state index contributed by atoms with van der Waals surface area (Å²) >= 11 is 0. The van der Waals surface area contributed by atoms with Crippen molar-refractivity contribution >= 4 is 5.91 Å². The minimum Gasteiger partial charge on any atom is -0.379 e. The van der Waals surface area contributed by atoms with Crippen LogP contribution >= 0.6 is 0 Å². The molecule has 3 heterocycles. The number of aryl methyl sites for hydroxylation is 1. The number of ether oxygens (including phenoxy) is 1. The van der Waals surface area contributed by atoms with E-state index in [2.05, 4.69) is 15.3 Å². The third kappa shape index (κ3) is 5.11. The fraction of sp³-hybridized carbons (Fsp3) is 0.545. The largest absolute Gasteiger partial charge is 0.379 e. The molecule has 0 saturated carbocycles. The molecule has 0 spiro atoms. The molecule has 0 radical (unpaired) electrons. The second kappa shape index (κ2) is 9.84. The lowest BCUT2D eigenvalue weighted by atomic mass is 10.0. The molecule has 1 saturated heterocycles. The smallest absolute Gasteiger partial charge is 0.272 e. The Balaban J connectivity index is 1.36. The molecule has 1 aromatic heterocycles. The van der Waals surface area contributed by atoms with Gasteiger partial charge in [0.05, 0.1) is 13.2 Å². The van der Waals surface area contributed by atoms with Crippen LogP contribution in [0.15, 0.2) is 18.2 Å². The molecule has 31 heavy (non-hydrogen) atoms. The van der Waals surface area contributed by atoms with E-state index in [0.717, 1.165) is 50.5 Å². The third-order valence-corrected chi connectivity index (χ3v) is 6.02. The van der Waals surface area contributed by atoms with Crippen LogP contribution in [0.2, 0.25) is 0 Å². The summed E-state index contributed by atoms with van der Waals surface area (Å²) in [6, 6.07) is 3.91. The molecule has 2 aliphatic heterocycles. The van der Waals surface area contributed by atoms with Crippen molar-refractivity contribution < 1.29 is 18.3 Å². The summed E-state index contributed by atoms with van der Waals surface area (Å²) in [6.45, 7) is 6.14. The standard InChI is InChI=1S/C22H29F2N5O2/c1-27-20-6-9-29(14-16-18(23)4-2-5-19(16)24)15-17(20)21(26-27)22(30)25-7-3-8-28-10-12-31-13-11-28/h2,4-5H,3,6-15H2,1H3,(H,25,30). The molecule has 2 aromatic rings. The molecule has 1 fully saturated rings. The summed E-state index contributed by atoms with van der Waals surface area (Å²) < 4.78 is 35.2. The molecule has 168 valence electrons. The van der Waals surface area contributed by atoms with Crippen molar-refractivity contribution in [2.75, 3.05) is 45.9 Å². The number of amides is 1. The van der Waals surface area contributed by atoms with Crippen LogP contribution in [-0.4, -0.2) is 71.4 Å². The van der Waals surface area contributed by atoms with Gasteiger partial charge in [-0.15, -0.1) is 0 Å². The van der Waals surface area contributed by atoms with E-state index in [0.29, 0.717) is 31.7 Å². The maximum Gasteiger partial charge on any atom is 0.272 e. The zero-order chi connectivity index (χ0) is 21.8. The van der Waals surface area contributed by atoms with Gasteiger partial charge >= 0.3 is 0 Å². The number of nitrogens with one attached hydrogen (secondary N) is 1. The van der Waals surface area contributed by atoms with Crippen molar-refractivity contribution in [2.45, 2.75) is 25.9 Å². The van der Waals surface area contributed by atoms with E-state index in [9.17, 15) is 13.6 Å². The number of rotatable bonds is 7. The summed E-state index contributed by atoms with van der Waals surface area (Å²) in [5.41, 5.74) is 2.31. The summed E-state index contributed by atoms with van der Waals surface area (Å²) in [6.07, 6.45) is 1.54. The van der Waals surface area contributed by atoms with Crippen molar-refractivity contribution in [1.29, 1.82) is 0 Å². The molecule has 0 aliphatic carbocycles. The summed E-state index contributed by atoms with van der Waals surface area (Å²) in [5, 5.41) is 7.41. The number of fused-ring (bicyclic) bond motifs is 1. The van der Waals surface area contributed by atoms with Gasteiger partial charge in [0.15, 0.2) is 5.69 Å². The van der Waals surface area contributed by atoms with Gasteiger partial charge < -0.3 is 10.1 Å². The molecule has 0 bridgehead atoms. The van der Waals surface area contributed by atoms with Crippen LogP contribution in [0.4, 0.5) is 8.78 Å². The Hall–Kier alpha value is -2.36. The van der Waals surface area contributed by atoms with Crippen LogP contribution in [0.3, 0.4) is 0 Å². The first-order valence-corrected chi connectivity index (χ1v) is 10.8. The van der Waals surface area contributed by atoms with E-state index in [1.54, 1.807) is 4.68 Å². The molecular weight excluding hydrogens is 404 g/mol. The molecule has 1 N–H and O–H groups in total. The van der Waals surface area contributed by atoms with Gasteiger partial charge in [0, 0.05) is 69.6 Å². The fourth-order valence-corrected chi connectivity index (χ4v) is 4.29. The maximum atomic E-state index is 14.1. The van der Waals surface area contributed by atoms with Crippen LogP contribution in [0.25, 0.3) is 0 Å². The highest BCUT2D eigenvalue weighted by Crippen LogP contribution is 2.25. The number of benzene rings is 1. The van der Waals surface area contributed by atoms with E-state index in [1.807, 2.05) is 11.9 Å². The first kappa shape index (κ1) is 21.9. The number of nitrogens with zero attached hydrogens (tertiary/aromatic N) is 4. The molecule has 0 unspecified atom stereocenters. The predicted octanol–water partition coefficient (Wildman–Crippen LogP) is 1.71. The number of halogens is 2.